The lowest BCUT2D eigenvalue weighted by atomic mass is 9.97. The number of aliphatic hydroxyl groups is 2. The van der Waals surface area contributed by atoms with Crippen LogP contribution in [0, 0.1) is 23.7 Å². The molecule has 24 heavy (non-hydrogen) atoms. The van der Waals surface area contributed by atoms with E-state index >= 15 is 0 Å². The van der Waals surface area contributed by atoms with Gasteiger partial charge in [0, 0.05) is 11.1 Å². The van der Waals surface area contributed by atoms with Crippen molar-refractivity contribution in [3.05, 3.63) is 35.4 Å². The number of carbonyl (C=O) groups excluding carboxylic acids is 2. The van der Waals surface area contributed by atoms with Crippen molar-refractivity contribution >= 4 is 11.8 Å². The molecule has 0 fully saturated rings. The van der Waals surface area contributed by atoms with Gasteiger partial charge in [0.1, 0.15) is 12.6 Å². The highest BCUT2D eigenvalue weighted by Crippen LogP contribution is 2.11. The molecule has 0 aromatic heterocycles. The van der Waals surface area contributed by atoms with Gasteiger partial charge in [-0.3, -0.25) is 14.8 Å². The Labute approximate surface area is 139 Å². The van der Waals surface area contributed by atoms with Crippen LogP contribution >= 0.6 is 0 Å². The van der Waals surface area contributed by atoms with Gasteiger partial charge in [-0.05, 0) is 50.0 Å². The quantitative estimate of drug-likeness (QED) is 0.287. The second kappa shape index (κ2) is 8.70. The van der Waals surface area contributed by atoms with E-state index in [9.17, 15) is 14.7 Å². The molecule has 0 aliphatic rings. The summed E-state index contributed by atoms with van der Waals surface area (Å²) in [6.45, 7) is 2.40. The molecule has 5 N–H and O–H groups in total. The second-order valence-electron chi connectivity index (χ2n) is 5.32. The van der Waals surface area contributed by atoms with Crippen molar-refractivity contribution in [2.45, 2.75) is 25.5 Å². The zero-order chi connectivity index (χ0) is 18.2. The number of hydrogen-bond acceptors (Lipinski definition) is 5. The molecule has 0 radical (unpaired) electrons. The van der Waals surface area contributed by atoms with Crippen LogP contribution in [0.1, 0.15) is 29.8 Å². The molecule has 1 rings (SSSR count). The highest BCUT2D eigenvalue weighted by Gasteiger charge is 2.34. The van der Waals surface area contributed by atoms with E-state index in [0.29, 0.717) is 5.56 Å². The summed E-state index contributed by atoms with van der Waals surface area (Å²) in [5.41, 5.74) is 0.707. The Kier molecular flexibility index (Phi) is 6.97. The molecule has 0 heterocycles. The molecule has 2 amide bonds. The SMILES string of the molecule is CC(C)(O)[C@H](NC(=O)c1ccc(C#CC#CCO)cc1)C(=O)NO. The number of nitrogens with one attached hydrogen (secondary N) is 2. The summed E-state index contributed by atoms with van der Waals surface area (Å²) in [6, 6.07) is 4.85. The van der Waals surface area contributed by atoms with E-state index in [2.05, 4.69) is 29.0 Å². The summed E-state index contributed by atoms with van der Waals surface area (Å²) in [6.07, 6.45) is 0. The van der Waals surface area contributed by atoms with E-state index in [1.165, 1.54) is 31.5 Å². The van der Waals surface area contributed by atoms with E-state index in [4.69, 9.17) is 10.3 Å². The van der Waals surface area contributed by atoms with Crippen LogP contribution in [0.15, 0.2) is 24.3 Å². The predicted molar refractivity (Wildman–Crippen MR) is 85.7 cm³/mol. The average molecular weight is 330 g/mol. The lowest BCUT2D eigenvalue weighted by Gasteiger charge is -2.28. The van der Waals surface area contributed by atoms with E-state index in [1.807, 2.05) is 0 Å². The van der Waals surface area contributed by atoms with Gasteiger partial charge in [-0.25, -0.2) is 5.48 Å². The number of benzene rings is 1. The third kappa shape index (κ3) is 5.75. The maximum atomic E-state index is 12.2. The number of amides is 2. The zero-order valence-electron chi connectivity index (χ0n) is 13.3. The van der Waals surface area contributed by atoms with Gasteiger partial charge in [0.15, 0.2) is 0 Å². The number of hydrogen-bond donors (Lipinski definition) is 5. The molecule has 0 unspecified atom stereocenters. The van der Waals surface area contributed by atoms with E-state index in [-0.39, 0.29) is 12.2 Å². The minimum Gasteiger partial charge on any atom is -0.388 e. The summed E-state index contributed by atoms with van der Waals surface area (Å²) in [5, 5.41) is 29.5. The summed E-state index contributed by atoms with van der Waals surface area (Å²) in [5.74, 6) is 8.58. The first-order chi connectivity index (χ1) is 11.3. The van der Waals surface area contributed by atoms with Crippen molar-refractivity contribution in [1.82, 2.24) is 10.8 Å². The Bertz CT molecular complexity index is 712. The topological polar surface area (TPSA) is 119 Å². The van der Waals surface area contributed by atoms with Gasteiger partial charge in [0.2, 0.25) is 0 Å². The number of aliphatic hydroxyl groups excluding tert-OH is 1. The predicted octanol–water partition coefficient (Wildman–Crippen LogP) is -0.591. The first-order valence-corrected chi connectivity index (χ1v) is 6.96. The molecule has 7 nitrogen and oxygen atoms in total. The highest BCUT2D eigenvalue weighted by molar-refractivity contribution is 5.97. The Hall–Kier alpha value is -2.84. The summed E-state index contributed by atoms with van der Waals surface area (Å²) in [4.78, 5) is 23.7. The largest absolute Gasteiger partial charge is 0.388 e. The Balaban J connectivity index is 2.87. The van der Waals surface area contributed by atoms with Gasteiger partial charge >= 0.3 is 0 Å². The van der Waals surface area contributed by atoms with Crippen LogP contribution in [-0.2, 0) is 4.79 Å². The minimum absolute atomic E-state index is 0.252. The van der Waals surface area contributed by atoms with Crippen molar-refractivity contribution in [2.24, 2.45) is 0 Å². The zero-order valence-corrected chi connectivity index (χ0v) is 13.3. The molecule has 0 bridgehead atoms. The molecular formula is C17H18N2O5. The average Bonchev–Trinajstić information content (AvgIpc) is 2.55. The van der Waals surface area contributed by atoms with Crippen molar-refractivity contribution in [3.8, 4) is 23.7 Å². The van der Waals surface area contributed by atoms with Gasteiger partial charge in [-0.1, -0.05) is 11.8 Å². The molecular weight excluding hydrogens is 312 g/mol. The van der Waals surface area contributed by atoms with Crippen molar-refractivity contribution in [2.75, 3.05) is 6.61 Å². The van der Waals surface area contributed by atoms with Crippen LogP contribution in [0.25, 0.3) is 0 Å². The first-order valence-electron chi connectivity index (χ1n) is 6.96. The summed E-state index contributed by atoms with van der Waals surface area (Å²) >= 11 is 0. The Morgan fingerprint density at radius 1 is 1.21 bits per heavy atom. The van der Waals surface area contributed by atoms with Gasteiger partial charge in [-0.15, -0.1) is 0 Å². The minimum atomic E-state index is -1.57. The maximum absolute atomic E-state index is 12.2. The lowest BCUT2D eigenvalue weighted by molar-refractivity contribution is -0.136. The Morgan fingerprint density at radius 2 is 1.83 bits per heavy atom. The van der Waals surface area contributed by atoms with Crippen LogP contribution in [0.3, 0.4) is 0 Å². The van der Waals surface area contributed by atoms with Crippen LogP contribution < -0.4 is 10.8 Å². The standard InChI is InChI=1S/C17H18N2O5/c1-17(2,23)14(16(22)19-24)18-15(21)13-9-7-12(8-10-13)6-4-3-5-11-20/h7-10,14,20,23-24H,11H2,1-2H3,(H,18,21)(H,19,22)/t14-/m1/s1. The monoisotopic (exact) mass is 330 g/mol. The van der Waals surface area contributed by atoms with Crippen molar-refractivity contribution in [3.63, 3.8) is 0 Å². The third-order valence-electron chi connectivity index (χ3n) is 2.94. The second-order valence-corrected chi connectivity index (χ2v) is 5.32. The van der Waals surface area contributed by atoms with Crippen LogP contribution in [0.4, 0.5) is 0 Å². The fourth-order valence-electron chi connectivity index (χ4n) is 1.73. The first kappa shape index (κ1) is 19.2. The molecule has 0 saturated carbocycles. The summed E-state index contributed by atoms with van der Waals surface area (Å²) < 4.78 is 0. The fourth-order valence-corrected chi connectivity index (χ4v) is 1.73. The molecule has 126 valence electrons. The van der Waals surface area contributed by atoms with Gasteiger partial charge in [0.05, 0.1) is 5.60 Å². The van der Waals surface area contributed by atoms with E-state index in [1.54, 1.807) is 12.1 Å². The molecule has 7 heteroatoms. The maximum Gasteiger partial charge on any atom is 0.268 e. The van der Waals surface area contributed by atoms with Gasteiger partial charge < -0.3 is 15.5 Å². The van der Waals surface area contributed by atoms with Gasteiger partial charge in [-0.2, -0.15) is 0 Å². The number of carbonyl (C=O) groups is 2. The van der Waals surface area contributed by atoms with E-state index < -0.39 is 23.5 Å². The van der Waals surface area contributed by atoms with Crippen LogP contribution in [-0.4, -0.2) is 45.5 Å². The molecule has 1 atom stereocenters. The molecule has 0 saturated heterocycles. The Morgan fingerprint density at radius 3 is 2.33 bits per heavy atom. The molecule has 0 spiro atoms. The molecule has 0 aliphatic heterocycles. The van der Waals surface area contributed by atoms with Crippen molar-refractivity contribution < 1.29 is 25.0 Å². The lowest BCUT2D eigenvalue weighted by Crippen LogP contribution is -2.57. The molecule has 1 aromatic carbocycles. The number of hydroxylamine groups is 1. The van der Waals surface area contributed by atoms with E-state index in [0.717, 1.165) is 0 Å². The van der Waals surface area contributed by atoms with Gasteiger partial charge in [0.25, 0.3) is 11.8 Å². The molecule has 1 aromatic rings. The molecule has 0 aliphatic carbocycles. The van der Waals surface area contributed by atoms with Crippen molar-refractivity contribution in [1.29, 1.82) is 0 Å². The smallest absolute Gasteiger partial charge is 0.268 e. The summed E-state index contributed by atoms with van der Waals surface area (Å²) in [7, 11) is 0. The highest BCUT2D eigenvalue weighted by atomic mass is 16.5. The number of rotatable bonds is 4. The van der Waals surface area contributed by atoms with Crippen LogP contribution in [0.5, 0.6) is 0 Å². The van der Waals surface area contributed by atoms with Crippen LogP contribution in [0.2, 0.25) is 0 Å². The third-order valence-corrected chi connectivity index (χ3v) is 2.94. The fraction of sp³-hybridized carbons (Fsp3) is 0.294. The normalized spacial score (nSPS) is 11.2.